The van der Waals surface area contributed by atoms with Crippen LogP contribution in [0, 0.1) is 0 Å². The van der Waals surface area contributed by atoms with Gasteiger partial charge in [-0.05, 0) is 27.7 Å². The van der Waals surface area contributed by atoms with Gasteiger partial charge in [-0.25, -0.2) is 0 Å². The maximum Gasteiger partial charge on any atom is 0.0620 e. The lowest BCUT2D eigenvalue weighted by atomic mass is 10.2. The minimum absolute atomic E-state index is 0.497. The summed E-state index contributed by atoms with van der Waals surface area (Å²) in [6, 6.07) is 1.99. The Morgan fingerprint density at radius 2 is 1.05 bits per heavy atom. The number of ether oxygens (including phenoxy) is 3. The molecule has 5 heteroatoms. The van der Waals surface area contributed by atoms with Gasteiger partial charge >= 0.3 is 0 Å². The predicted octanol–water partition coefficient (Wildman–Crippen LogP) is 1.22. The van der Waals surface area contributed by atoms with Crippen LogP contribution in [0.2, 0.25) is 0 Å². The van der Waals surface area contributed by atoms with Gasteiger partial charge in [0.15, 0.2) is 0 Å². The van der Waals surface area contributed by atoms with Crippen molar-refractivity contribution in [1.29, 1.82) is 0 Å². The molecule has 0 aromatic carbocycles. The summed E-state index contributed by atoms with van der Waals surface area (Å²) in [6.07, 6.45) is 0. The molecule has 0 saturated carbocycles. The molecule has 0 aromatic rings. The summed E-state index contributed by atoms with van der Waals surface area (Å²) in [4.78, 5) is 4.98. The molecule has 21 heavy (non-hydrogen) atoms. The normalized spacial score (nSPS) is 36.0. The zero-order valence-electron chi connectivity index (χ0n) is 14.1. The van der Waals surface area contributed by atoms with Gasteiger partial charge in [-0.3, -0.25) is 9.80 Å². The van der Waals surface area contributed by atoms with E-state index in [1.165, 1.54) is 0 Å². The first-order valence-corrected chi connectivity index (χ1v) is 8.34. The number of hydrogen-bond donors (Lipinski definition) is 0. The zero-order valence-corrected chi connectivity index (χ0v) is 14.1. The Balaban J connectivity index is 1.61. The second-order valence-corrected chi connectivity index (χ2v) is 6.56. The fourth-order valence-electron chi connectivity index (χ4n) is 3.39. The summed E-state index contributed by atoms with van der Waals surface area (Å²) < 4.78 is 17.0. The van der Waals surface area contributed by atoms with Gasteiger partial charge in [0, 0.05) is 37.3 Å². The molecule has 0 N–H and O–H groups in total. The van der Waals surface area contributed by atoms with Gasteiger partial charge in [-0.15, -0.1) is 0 Å². The Morgan fingerprint density at radius 1 is 0.714 bits per heavy atom. The first-order chi connectivity index (χ1) is 10.1. The van der Waals surface area contributed by atoms with E-state index in [4.69, 9.17) is 14.2 Å². The molecule has 124 valence electrons. The fraction of sp³-hybridized carbons (Fsp3) is 1.00. The van der Waals surface area contributed by atoms with Gasteiger partial charge in [0.1, 0.15) is 0 Å². The summed E-state index contributed by atoms with van der Waals surface area (Å²) >= 11 is 0. The average Bonchev–Trinajstić information content (AvgIpc) is 2.44. The van der Waals surface area contributed by atoms with Crippen LogP contribution < -0.4 is 0 Å². The Morgan fingerprint density at radius 3 is 1.38 bits per heavy atom. The molecule has 0 radical (unpaired) electrons. The summed E-state index contributed by atoms with van der Waals surface area (Å²) in [6.45, 7) is 15.9. The largest absolute Gasteiger partial charge is 0.379 e. The predicted molar refractivity (Wildman–Crippen MR) is 83.7 cm³/mol. The Bertz CT molecular complexity index is 255. The maximum absolute atomic E-state index is 5.87. The molecule has 2 rings (SSSR count). The summed E-state index contributed by atoms with van der Waals surface area (Å²) in [5.74, 6) is 0. The van der Waals surface area contributed by atoms with E-state index in [1.807, 2.05) is 0 Å². The van der Waals surface area contributed by atoms with E-state index < -0.39 is 0 Å². The smallest absolute Gasteiger partial charge is 0.0620 e. The first-order valence-electron chi connectivity index (χ1n) is 8.34. The number of morpholine rings is 2. The Kier molecular flexibility index (Phi) is 6.89. The third-order valence-electron chi connectivity index (χ3n) is 4.69. The van der Waals surface area contributed by atoms with Gasteiger partial charge in [0.25, 0.3) is 0 Å². The van der Waals surface area contributed by atoms with Gasteiger partial charge in [-0.2, -0.15) is 0 Å². The molecular weight excluding hydrogens is 268 g/mol. The van der Waals surface area contributed by atoms with E-state index in [-0.39, 0.29) is 0 Å². The highest BCUT2D eigenvalue weighted by Gasteiger charge is 2.26. The van der Waals surface area contributed by atoms with Crippen LogP contribution in [0.1, 0.15) is 27.7 Å². The van der Waals surface area contributed by atoms with Crippen LogP contribution in [-0.4, -0.2) is 86.7 Å². The van der Waals surface area contributed by atoms with Crippen LogP contribution in [-0.2, 0) is 14.2 Å². The molecule has 5 nitrogen and oxygen atoms in total. The molecule has 0 aliphatic carbocycles. The molecule has 4 unspecified atom stereocenters. The number of rotatable bonds is 6. The van der Waals surface area contributed by atoms with Gasteiger partial charge < -0.3 is 14.2 Å². The average molecular weight is 300 g/mol. The highest BCUT2D eigenvalue weighted by atomic mass is 16.5. The molecule has 0 amide bonds. The highest BCUT2D eigenvalue weighted by molar-refractivity contribution is 4.78. The van der Waals surface area contributed by atoms with Crippen molar-refractivity contribution in [3.05, 3.63) is 0 Å². The molecule has 0 aromatic heterocycles. The van der Waals surface area contributed by atoms with Crippen molar-refractivity contribution in [3.63, 3.8) is 0 Å². The second kappa shape index (κ2) is 8.44. The molecule has 4 atom stereocenters. The SMILES string of the molecule is CC1COCC(C)N1CCOCCN1C(C)COCC1C. The van der Waals surface area contributed by atoms with Crippen LogP contribution in [0.5, 0.6) is 0 Å². The topological polar surface area (TPSA) is 34.2 Å². The molecular formula is C16H32N2O3. The van der Waals surface area contributed by atoms with Crippen molar-refractivity contribution < 1.29 is 14.2 Å². The Hall–Kier alpha value is -0.200. The standard InChI is InChI=1S/C16H32N2O3/c1-13-9-20-10-14(2)17(13)5-7-19-8-6-18-15(3)11-21-12-16(18)4/h13-16H,5-12H2,1-4H3. The molecule has 0 spiro atoms. The van der Waals surface area contributed by atoms with Crippen molar-refractivity contribution >= 4 is 0 Å². The van der Waals surface area contributed by atoms with Crippen molar-refractivity contribution in [3.8, 4) is 0 Å². The lowest BCUT2D eigenvalue weighted by molar-refractivity contribution is -0.0592. The van der Waals surface area contributed by atoms with Crippen molar-refractivity contribution in [2.75, 3.05) is 52.7 Å². The second-order valence-electron chi connectivity index (χ2n) is 6.56. The minimum Gasteiger partial charge on any atom is -0.379 e. The van der Waals surface area contributed by atoms with E-state index in [0.717, 1.165) is 52.7 Å². The number of hydrogen-bond acceptors (Lipinski definition) is 5. The van der Waals surface area contributed by atoms with Crippen LogP contribution in [0.15, 0.2) is 0 Å². The van der Waals surface area contributed by atoms with Crippen LogP contribution >= 0.6 is 0 Å². The van der Waals surface area contributed by atoms with Crippen LogP contribution in [0.4, 0.5) is 0 Å². The fourth-order valence-corrected chi connectivity index (χ4v) is 3.39. The molecule has 2 saturated heterocycles. The first kappa shape index (κ1) is 17.2. The molecule has 2 aliphatic heterocycles. The molecule has 2 fully saturated rings. The minimum atomic E-state index is 0.497. The monoisotopic (exact) mass is 300 g/mol. The van der Waals surface area contributed by atoms with E-state index in [0.29, 0.717) is 24.2 Å². The summed E-state index contributed by atoms with van der Waals surface area (Å²) in [5, 5.41) is 0. The van der Waals surface area contributed by atoms with Crippen LogP contribution in [0.25, 0.3) is 0 Å². The van der Waals surface area contributed by atoms with Crippen LogP contribution in [0.3, 0.4) is 0 Å². The molecule has 2 aliphatic rings. The summed E-state index contributed by atoms with van der Waals surface area (Å²) in [7, 11) is 0. The molecule has 2 heterocycles. The van der Waals surface area contributed by atoms with E-state index >= 15 is 0 Å². The summed E-state index contributed by atoms with van der Waals surface area (Å²) in [5.41, 5.74) is 0. The quantitative estimate of drug-likeness (QED) is 0.689. The highest BCUT2D eigenvalue weighted by Crippen LogP contribution is 2.13. The van der Waals surface area contributed by atoms with Gasteiger partial charge in [0.05, 0.1) is 39.6 Å². The maximum atomic E-state index is 5.87. The van der Waals surface area contributed by atoms with Crippen molar-refractivity contribution in [2.45, 2.75) is 51.9 Å². The third kappa shape index (κ3) is 4.89. The van der Waals surface area contributed by atoms with Crippen molar-refractivity contribution in [1.82, 2.24) is 9.80 Å². The van der Waals surface area contributed by atoms with E-state index in [9.17, 15) is 0 Å². The van der Waals surface area contributed by atoms with E-state index in [2.05, 4.69) is 37.5 Å². The Labute approximate surface area is 129 Å². The van der Waals surface area contributed by atoms with E-state index in [1.54, 1.807) is 0 Å². The number of nitrogens with zero attached hydrogens (tertiary/aromatic N) is 2. The van der Waals surface area contributed by atoms with Gasteiger partial charge in [-0.1, -0.05) is 0 Å². The third-order valence-corrected chi connectivity index (χ3v) is 4.69. The van der Waals surface area contributed by atoms with Crippen molar-refractivity contribution in [2.24, 2.45) is 0 Å². The lowest BCUT2D eigenvalue weighted by Crippen LogP contribution is -2.51. The van der Waals surface area contributed by atoms with Gasteiger partial charge in [0.2, 0.25) is 0 Å². The lowest BCUT2D eigenvalue weighted by Gasteiger charge is -2.39. The molecule has 0 bridgehead atoms. The zero-order chi connectivity index (χ0) is 15.2.